The van der Waals surface area contributed by atoms with Crippen LogP contribution in [0.3, 0.4) is 0 Å². The second kappa shape index (κ2) is 8.89. The van der Waals surface area contributed by atoms with Gasteiger partial charge in [-0.2, -0.15) is 9.78 Å². The number of rotatable bonds is 4. The van der Waals surface area contributed by atoms with Crippen molar-refractivity contribution in [2.24, 2.45) is 0 Å². The third-order valence-corrected chi connectivity index (χ3v) is 3.76. The summed E-state index contributed by atoms with van der Waals surface area (Å²) < 4.78 is 11.7. The molecule has 0 atom stereocenters. The summed E-state index contributed by atoms with van der Waals surface area (Å²) in [6, 6.07) is 0. The zero-order chi connectivity index (χ0) is 24.4. The van der Waals surface area contributed by atoms with Crippen LogP contribution in [0.4, 0.5) is 21.1 Å². The van der Waals surface area contributed by atoms with E-state index in [1.807, 2.05) is 0 Å². The summed E-state index contributed by atoms with van der Waals surface area (Å²) in [5.41, 5.74) is -1.48. The first-order valence-electron chi connectivity index (χ1n) is 9.84. The first kappa shape index (κ1) is 24.7. The van der Waals surface area contributed by atoms with E-state index < -0.39 is 34.0 Å². The van der Waals surface area contributed by atoms with Crippen LogP contribution in [0, 0.1) is 24.0 Å². The Morgan fingerprint density at radius 3 is 2.22 bits per heavy atom. The Morgan fingerprint density at radius 2 is 1.69 bits per heavy atom. The molecule has 0 aromatic carbocycles. The Morgan fingerprint density at radius 1 is 1.09 bits per heavy atom. The molecule has 2 rings (SSSR count). The van der Waals surface area contributed by atoms with E-state index >= 15 is 0 Å². The van der Waals surface area contributed by atoms with Gasteiger partial charge in [0.1, 0.15) is 22.7 Å². The van der Waals surface area contributed by atoms with E-state index in [9.17, 15) is 19.7 Å². The summed E-state index contributed by atoms with van der Waals surface area (Å²) in [5, 5.41) is 15.7. The van der Waals surface area contributed by atoms with E-state index in [1.54, 1.807) is 48.5 Å². The van der Waals surface area contributed by atoms with Crippen molar-refractivity contribution in [2.75, 3.05) is 4.90 Å². The van der Waals surface area contributed by atoms with Gasteiger partial charge in [-0.3, -0.25) is 15.0 Å². The molecule has 12 heteroatoms. The number of anilines is 1. The average Bonchev–Trinajstić information content (AvgIpc) is 3.04. The number of amides is 1. The second-order valence-corrected chi connectivity index (χ2v) is 9.13. The van der Waals surface area contributed by atoms with Crippen molar-refractivity contribution in [1.29, 1.82) is 0 Å². The second-order valence-electron chi connectivity index (χ2n) is 9.13. The highest BCUT2D eigenvalue weighted by atomic mass is 16.6. The van der Waals surface area contributed by atoms with Crippen LogP contribution in [0.25, 0.3) is 0 Å². The SMILES string of the molecule is Cc1nc(C)c([N+](=O)[O-])c(N(Cc2cnn(C(=O)OC(C)(C)C)c2)C(=O)OC(C)(C)C)n1. The Labute approximate surface area is 185 Å². The highest BCUT2D eigenvalue weighted by Crippen LogP contribution is 2.31. The molecule has 2 aromatic rings. The lowest BCUT2D eigenvalue weighted by atomic mass is 10.2. The maximum Gasteiger partial charge on any atom is 0.435 e. The fourth-order valence-corrected chi connectivity index (χ4v) is 2.67. The summed E-state index contributed by atoms with van der Waals surface area (Å²) in [4.78, 5) is 45.5. The van der Waals surface area contributed by atoms with Crippen LogP contribution in [0.5, 0.6) is 0 Å². The summed E-state index contributed by atoms with van der Waals surface area (Å²) in [7, 11) is 0. The fourth-order valence-electron chi connectivity index (χ4n) is 2.67. The predicted molar refractivity (Wildman–Crippen MR) is 114 cm³/mol. The molecule has 0 unspecified atom stereocenters. The molecule has 0 spiro atoms. The highest BCUT2D eigenvalue weighted by molar-refractivity contribution is 5.89. The number of aryl methyl sites for hydroxylation is 2. The summed E-state index contributed by atoms with van der Waals surface area (Å²) in [6.07, 6.45) is 1.18. The van der Waals surface area contributed by atoms with Gasteiger partial charge in [0.15, 0.2) is 0 Å². The number of hydrogen-bond donors (Lipinski definition) is 0. The van der Waals surface area contributed by atoms with Crippen LogP contribution in [-0.4, -0.2) is 48.1 Å². The molecular weight excluding hydrogens is 420 g/mol. The summed E-state index contributed by atoms with van der Waals surface area (Å²) in [5.74, 6) is 0.0420. The maximum atomic E-state index is 13.0. The van der Waals surface area contributed by atoms with E-state index in [-0.39, 0.29) is 23.9 Å². The molecule has 0 radical (unpaired) electrons. The molecule has 0 aliphatic heterocycles. The van der Waals surface area contributed by atoms with Gasteiger partial charge in [-0.05, 0) is 55.4 Å². The van der Waals surface area contributed by atoms with E-state index in [0.29, 0.717) is 5.56 Å². The Hall–Kier alpha value is -3.57. The minimum atomic E-state index is -0.859. The predicted octanol–water partition coefficient (Wildman–Crippen LogP) is 3.92. The highest BCUT2D eigenvalue weighted by Gasteiger charge is 2.33. The monoisotopic (exact) mass is 448 g/mol. The van der Waals surface area contributed by atoms with Crippen molar-refractivity contribution in [3.8, 4) is 0 Å². The maximum absolute atomic E-state index is 13.0. The van der Waals surface area contributed by atoms with Crippen LogP contribution in [0.1, 0.15) is 58.6 Å². The lowest BCUT2D eigenvalue weighted by Crippen LogP contribution is -2.37. The van der Waals surface area contributed by atoms with Crippen molar-refractivity contribution in [2.45, 2.75) is 73.1 Å². The molecule has 0 saturated carbocycles. The molecule has 1 amide bonds. The van der Waals surface area contributed by atoms with Crippen molar-refractivity contribution < 1.29 is 24.0 Å². The summed E-state index contributed by atoms with van der Waals surface area (Å²) >= 11 is 0. The molecule has 32 heavy (non-hydrogen) atoms. The third kappa shape index (κ3) is 6.46. The first-order chi connectivity index (χ1) is 14.6. The van der Waals surface area contributed by atoms with Crippen molar-refractivity contribution >= 4 is 23.7 Å². The molecule has 0 aliphatic carbocycles. The number of nitrogens with zero attached hydrogens (tertiary/aromatic N) is 6. The van der Waals surface area contributed by atoms with Crippen LogP contribution >= 0.6 is 0 Å². The quantitative estimate of drug-likeness (QED) is 0.502. The molecule has 0 aliphatic rings. The zero-order valence-corrected chi connectivity index (χ0v) is 19.5. The number of hydrogen-bond acceptors (Lipinski definition) is 9. The van der Waals surface area contributed by atoms with Gasteiger partial charge in [0.05, 0.1) is 17.7 Å². The normalized spacial score (nSPS) is 11.8. The third-order valence-electron chi connectivity index (χ3n) is 3.76. The van der Waals surface area contributed by atoms with Gasteiger partial charge in [0.2, 0.25) is 5.82 Å². The van der Waals surface area contributed by atoms with Gasteiger partial charge in [-0.15, -0.1) is 0 Å². The number of ether oxygens (including phenoxy) is 2. The Kier molecular flexibility index (Phi) is 6.86. The molecule has 12 nitrogen and oxygen atoms in total. The molecule has 0 fully saturated rings. The molecule has 2 aromatic heterocycles. The molecule has 174 valence electrons. The van der Waals surface area contributed by atoms with Crippen molar-refractivity contribution in [1.82, 2.24) is 19.7 Å². The summed E-state index contributed by atoms with van der Waals surface area (Å²) in [6.45, 7) is 13.0. The molecule has 0 N–H and O–H groups in total. The van der Waals surface area contributed by atoms with Crippen LogP contribution < -0.4 is 4.90 Å². The van der Waals surface area contributed by atoms with Gasteiger partial charge in [-0.1, -0.05) is 0 Å². The van der Waals surface area contributed by atoms with E-state index in [1.165, 1.54) is 19.3 Å². The first-order valence-corrected chi connectivity index (χ1v) is 9.84. The zero-order valence-electron chi connectivity index (χ0n) is 19.5. The minimum absolute atomic E-state index is 0.107. The van der Waals surface area contributed by atoms with E-state index in [0.717, 1.165) is 9.58 Å². The molecule has 0 bridgehead atoms. The number of carbonyl (C=O) groups is 2. The van der Waals surface area contributed by atoms with Gasteiger partial charge in [0, 0.05) is 11.8 Å². The standard InChI is InChI=1S/C20H28N6O6/c1-12-15(26(29)30)16(23-13(2)22-12)24(17(27)31-19(3,4)5)10-14-9-21-25(11-14)18(28)32-20(6,7)8/h9,11H,10H2,1-8H3. The number of aromatic nitrogens is 4. The van der Waals surface area contributed by atoms with E-state index in [4.69, 9.17) is 9.47 Å². The largest absolute Gasteiger partial charge is 0.443 e. The van der Waals surface area contributed by atoms with Crippen LogP contribution in [-0.2, 0) is 16.0 Å². The van der Waals surface area contributed by atoms with Gasteiger partial charge in [-0.25, -0.2) is 19.6 Å². The fraction of sp³-hybridized carbons (Fsp3) is 0.550. The van der Waals surface area contributed by atoms with Gasteiger partial charge >= 0.3 is 17.9 Å². The Balaban J connectivity index is 2.49. The van der Waals surface area contributed by atoms with Crippen molar-refractivity contribution in [3.05, 3.63) is 39.6 Å². The van der Waals surface area contributed by atoms with Crippen molar-refractivity contribution in [3.63, 3.8) is 0 Å². The molecule has 0 saturated heterocycles. The lowest BCUT2D eigenvalue weighted by Gasteiger charge is -2.26. The van der Waals surface area contributed by atoms with E-state index in [2.05, 4.69) is 15.1 Å². The Bertz CT molecular complexity index is 1030. The topological polar surface area (TPSA) is 143 Å². The molecular formula is C20H28N6O6. The smallest absolute Gasteiger partial charge is 0.435 e. The molecule has 2 heterocycles. The van der Waals surface area contributed by atoms with Gasteiger partial charge in [0.25, 0.3) is 0 Å². The van der Waals surface area contributed by atoms with Gasteiger partial charge < -0.3 is 9.47 Å². The number of carbonyl (C=O) groups excluding carboxylic acids is 2. The average molecular weight is 448 g/mol. The van der Waals surface area contributed by atoms with Crippen LogP contribution in [0.15, 0.2) is 12.4 Å². The number of nitro groups is 1. The lowest BCUT2D eigenvalue weighted by molar-refractivity contribution is -0.385. The minimum Gasteiger partial charge on any atom is -0.443 e. The van der Waals surface area contributed by atoms with Crippen LogP contribution in [0.2, 0.25) is 0 Å².